The van der Waals surface area contributed by atoms with Crippen LogP contribution in [-0.4, -0.2) is 37.2 Å². The van der Waals surface area contributed by atoms with Gasteiger partial charge in [-0.15, -0.1) is 0 Å². The molecule has 0 saturated carbocycles. The van der Waals surface area contributed by atoms with Crippen LogP contribution in [0.25, 0.3) is 0 Å². The second-order valence-electron chi connectivity index (χ2n) is 21.6. The van der Waals surface area contributed by atoms with E-state index in [1.807, 2.05) is 0 Å². The Bertz CT molecular complexity index is 1640. The number of hydrogen-bond donors (Lipinski definition) is 0. The summed E-state index contributed by atoms with van der Waals surface area (Å²) in [6.45, 7) is 6.48. The van der Waals surface area contributed by atoms with Gasteiger partial charge < -0.3 is 14.2 Å². The quantitative estimate of drug-likeness (QED) is 0.0261. The number of hydrogen-bond acceptors (Lipinski definition) is 6. The molecule has 0 aliphatic rings. The van der Waals surface area contributed by atoms with Crippen molar-refractivity contribution < 1.29 is 28.6 Å². The molecule has 79 heavy (non-hydrogen) atoms. The van der Waals surface area contributed by atoms with Crippen molar-refractivity contribution in [1.82, 2.24) is 0 Å². The molecule has 0 aromatic heterocycles. The minimum Gasteiger partial charge on any atom is -0.462 e. The van der Waals surface area contributed by atoms with Gasteiger partial charge in [-0.05, 0) is 135 Å². The topological polar surface area (TPSA) is 78.9 Å². The lowest BCUT2D eigenvalue weighted by molar-refractivity contribution is -0.167. The summed E-state index contributed by atoms with van der Waals surface area (Å²) in [5.41, 5.74) is 0. The smallest absolute Gasteiger partial charge is 0.306 e. The lowest BCUT2D eigenvalue weighted by Crippen LogP contribution is -2.30. The molecule has 0 aliphatic carbocycles. The van der Waals surface area contributed by atoms with Gasteiger partial charge in [-0.3, -0.25) is 14.4 Å². The van der Waals surface area contributed by atoms with E-state index in [1.54, 1.807) is 0 Å². The van der Waals surface area contributed by atoms with Crippen LogP contribution >= 0.6 is 0 Å². The largest absolute Gasteiger partial charge is 0.462 e. The van der Waals surface area contributed by atoms with Gasteiger partial charge >= 0.3 is 17.9 Å². The van der Waals surface area contributed by atoms with Crippen LogP contribution in [-0.2, 0) is 28.6 Å². The molecule has 0 amide bonds. The molecule has 0 fully saturated rings. The van der Waals surface area contributed by atoms with Crippen LogP contribution in [0.3, 0.4) is 0 Å². The summed E-state index contributed by atoms with van der Waals surface area (Å²) in [6.07, 6.45) is 91.9. The van der Waals surface area contributed by atoms with Gasteiger partial charge in [0, 0.05) is 19.3 Å². The number of rotatable bonds is 59. The maximum absolute atomic E-state index is 12.9. The van der Waals surface area contributed by atoms with Crippen molar-refractivity contribution in [2.75, 3.05) is 13.2 Å². The maximum atomic E-state index is 12.9. The molecule has 0 aliphatic heterocycles. The number of unbranched alkanes of at least 4 members (excludes halogenated alkanes) is 28. The molecule has 6 nitrogen and oxygen atoms in total. The Morgan fingerprint density at radius 1 is 0.266 bits per heavy atom. The van der Waals surface area contributed by atoms with E-state index in [0.29, 0.717) is 19.3 Å². The highest BCUT2D eigenvalue weighted by atomic mass is 16.6. The Morgan fingerprint density at radius 2 is 0.494 bits per heavy atom. The second kappa shape index (κ2) is 66.3. The zero-order valence-corrected chi connectivity index (χ0v) is 51.6. The average Bonchev–Trinajstić information content (AvgIpc) is 3.45. The first-order chi connectivity index (χ1) is 39.0. The van der Waals surface area contributed by atoms with E-state index >= 15 is 0 Å². The van der Waals surface area contributed by atoms with Crippen LogP contribution in [0.4, 0.5) is 0 Å². The van der Waals surface area contributed by atoms with Gasteiger partial charge in [0.2, 0.25) is 0 Å². The molecule has 0 aromatic rings. The fourth-order valence-electron chi connectivity index (χ4n) is 8.98. The van der Waals surface area contributed by atoms with E-state index in [2.05, 4.69) is 142 Å². The lowest BCUT2D eigenvalue weighted by atomic mass is 10.1. The van der Waals surface area contributed by atoms with E-state index in [0.717, 1.165) is 141 Å². The lowest BCUT2D eigenvalue weighted by Gasteiger charge is -2.18. The standard InChI is InChI=1S/C73H122O6/c1-4-7-10-13-16-19-22-25-28-31-34-36-39-42-45-48-51-54-57-60-63-66-72(75)78-69-70(68-77-71(74)65-62-59-56-53-50-47-44-41-38-33-30-27-24-21-18-15-12-9-6-3)79-73(76)67-64-61-58-55-52-49-46-43-40-37-35-32-29-26-23-20-17-14-11-8-5-2/h7,10,16,18-19,21,23,25-28,30,32,34-36,40,42-43,45,70H,4-6,8-9,11-15,17,20,22,24,29,31,33,37-39,41,44,46-69H2,1-3H3/b10-7-,19-16-,21-18-,26-23-,28-25-,30-27-,35-32-,36-34-,43-40-,45-42-. The molecule has 0 aromatic carbocycles. The molecule has 0 rings (SSSR count). The Morgan fingerprint density at radius 3 is 0.797 bits per heavy atom. The molecule has 0 radical (unpaired) electrons. The Hall–Kier alpha value is -4.19. The first kappa shape index (κ1) is 74.8. The summed E-state index contributed by atoms with van der Waals surface area (Å²) in [6, 6.07) is 0. The van der Waals surface area contributed by atoms with Crippen LogP contribution < -0.4 is 0 Å². The SMILES string of the molecule is CC/C=C\C/C=C\C/C=C\C/C=C\C/C=C\CCCCCCCC(=O)OCC(COC(=O)CCCCCCCCCCC/C=C\C/C=C\CCCCC)OC(=O)CCCCCCCC/C=C\C/C=C\C/C=C\CCCCCCC. The molecule has 0 N–H and O–H groups in total. The Balaban J connectivity index is 4.48. The summed E-state index contributed by atoms with van der Waals surface area (Å²) in [4.78, 5) is 38.4. The molecule has 450 valence electrons. The van der Waals surface area contributed by atoms with Gasteiger partial charge in [0.1, 0.15) is 13.2 Å². The third-order valence-corrected chi connectivity index (χ3v) is 13.9. The van der Waals surface area contributed by atoms with Crippen LogP contribution in [0.15, 0.2) is 122 Å². The Kier molecular flexibility index (Phi) is 62.8. The monoisotopic (exact) mass is 1090 g/mol. The van der Waals surface area contributed by atoms with E-state index in [1.165, 1.54) is 122 Å². The predicted molar refractivity (Wildman–Crippen MR) is 343 cm³/mol. The summed E-state index contributed by atoms with van der Waals surface area (Å²) >= 11 is 0. The molecule has 1 unspecified atom stereocenters. The molecule has 0 saturated heterocycles. The van der Waals surface area contributed by atoms with Crippen molar-refractivity contribution >= 4 is 17.9 Å². The number of esters is 3. The minimum atomic E-state index is -0.801. The summed E-state index contributed by atoms with van der Waals surface area (Å²) in [5.74, 6) is -0.923. The van der Waals surface area contributed by atoms with Crippen LogP contribution in [0.5, 0.6) is 0 Å². The highest BCUT2D eigenvalue weighted by Gasteiger charge is 2.19. The van der Waals surface area contributed by atoms with Crippen molar-refractivity contribution in [3.63, 3.8) is 0 Å². The molecule has 1 atom stereocenters. The van der Waals surface area contributed by atoms with E-state index in [9.17, 15) is 14.4 Å². The van der Waals surface area contributed by atoms with Crippen LogP contribution in [0.2, 0.25) is 0 Å². The van der Waals surface area contributed by atoms with Crippen molar-refractivity contribution in [2.24, 2.45) is 0 Å². The minimum absolute atomic E-state index is 0.0942. The average molecular weight is 1100 g/mol. The van der Waals surface area contributed by atoms with Gasteiger partial charge in [-0.2, -0.15) is 0 Å². The van der Waals surface area contributed by atoms with Gasteiger partial charge in [0.25, 0.3) is 0 Å². The van der Waals surface area contributed by atoms with E-state index in [-0.39, 0.29) is 31.1 Å². The number of carbonyl (C=O) groups is 3. The summed E-state index contributed by atoms with van der Waals surface area (Å²) < 4.78 is 16.9. The fourth-order valence-corrected chi connectivity index (χ4v) is 8.98. The summed E-state index contributed by atoms with van der Waals surface area (Å²) in [7, 11) is 0. The zero-order chi connectivity index (χ0) is 57.1. The second-order valence-corrected chi connectivity index (χ2v) is 21.6. The van der Waals surface area contributed by atoms with Gasteiger partial charge in [0.05, 0.1) is 0 Å². The molecule has 0 bridgehead atoms. The third-order valence-electron chi connectivity index (χ3n) is 13.9. The van der Waals surface area contributed by atoms with Crippen molar-refractivity contribution in [1.29, 1.82) is 0 Å². The van der Waals surface area contributed by atoms with E-state index in [4.69, 9.17) is 14.2 Å². The van der Waals surface area contributed by atoms with Gasteiger partial charge in [-0.1, -0.05) is 271 Å². The fraction of sp³-hybridized carbons (Fsp3) is 0.685. The zero-order valence-electron chi connectivity index (χ0n) is 51.6. The normalized spacial score (nSPS) is 12.9. The first-order valence-electron chi connectivity index (χ1n) is 33.0. The van der Waals surface area contributed by atoms with Crippen LogP contribution in [0.1, 0.15) is 303 Å². The highest BCUT2D eigenvalue weighted by Crippen LogP contribution is 2.15. The van der Waals surface area contributed by atoms with Crippen molar-refractivity contribution in [3.05, 3.63) is 122 Å². The molecule has 0 spiro atoms. The highest BCUT2D eigenvalue weighted by molar-refractivity contribution is 5.71. The van der Waals surface area contributed by atoms with Gasteiger partial charge in [0.15, 0.2) is 6.10 Å². The van der Waals surface area contributed by atoms with Crippen molar-refractivity contribution in [2.45, 2.75) is 309 Å². The predicted octanol–water partition coefficient (Wildman–Crippen LogP) is 22.8. The number of carbonyl (C=O) groups excluding carboxylic acids is 3. The molecular formula is C73H122O6. The molecule has 0 heterocycles. The molecule has 6 heteroatoms. The maximum Gasteiger partial charge on any atom is 0.306 e. The van der Waals surface area contributed by atoms with Crippen molar-refractivity contribution in [3.8, 4) is 0 Å². The van der Waals surface area contributed by atoms with Crippen LogP contribution in [0, 0.1) is 0 Å². The third kappa shape index (κ3) is 64.5. The number of ether oxygens (including phenoxy) is 3. The summed E-state index contributed by atoms with van der Waals surface area (Å²) in [5, 5.41) is 0. The first-order valence-corrected chi connectivity index (χ1v) is 33.0. The van der Waals surface area contributed by atoms with Gasteiger partial charge in [-0.25, -0.2) is 0 Å². The van der Waals surface area contributed by atoms with E-state index < -0.39 is 6.10 Å². The number of allylic oxidation sites excluding steroid dienone is 20. The Labute approximate surface area is 488 Å². The molecular weight excluding hydrogens is 973 g/mol.